The highest BCUT2D eigenvalue weighted by Crippen LogP contribution is 2.30. The standard InChI is InChI=1S/C14H24N2OS/c1-4-6-8-11(7-5-2)16-13-9-12(15)14(18-13)10(3)17/h9,11,16H,4-8,15H2,1-3H3. The molecule has 0 aliphatic rings. The van der Waals surface area contributed by atoms with Crippen LogP contribution in [-0.4, -0.2) is 11.8 Å². The average Bonchev–Trinajstić information content (AvgIpc) is 2.67. The first-order valence-corrected chi connectivity index (χ1v) is 7.56. The van der Waals surface area contributed by atoms with Crippen LogP contribution in [-0.2, 0) is 0 Å². The zero-order valence-corrected chi connectivity index (χ0v) is 12.4. The Bertz CT molecular complexity index is 387. The normalized spacial score (nSPS) is 12.4. The van der Waals surface area contributed by atoms with Crippen molar-refractivity contribution in [3.8, 4) is 0 Å². The molecule has 0 saturated carbocycles. The van der Waals surface area contributed by atoms with E-state index in [1.54, 1.807) is 6.92 Å². The highest BCUT2D eigenvalue weighted by Gasteiger charge is 2.13. The molecule has 0 saturated heterocycles. The van der Waals surface area contributed by atoms with Gasteiger partial charge in [-0.3, -0.25) is 4.79 Å². The van der Waals surface area contributed by atoms with Gasteiger partial charge in [-0.1, -0.05) is 33.1 Å². The third-order valence-electron chi connectivity index (χ3n) is 2.97. The molecule has 18 heavy (non-hydrogen) atoms. The number of Topliss-reactive ketones (excluding diaryl/α,β-unsaturated/α-hetero) is 1. The number of anilines is 2. The number of ketones is 1. The molecular formula is C14H24N2OS. The molecule has 0 aliphatic carbocycles. The Morgan fingerprint density at radius 2 is 2.11 bits per heavy atom. The number of unbranched alkanes of at least 4 members (excludes halogenated alkanes) is 1. The molecule has 1 heterocycles. The second kappa shape index (κ2) is 7.41. The Kier molecular flexibility index (Phi) is 6.19. The number of carbonyl (C=O) groups is 1. The summed E-state index contributed by atoms with van der Waals surface area (Å²) in [6.45, 7) is 5.97. The Hall–Kier alpha value is -1.03. The molecule has 4 heteroatoms. The summed E-state index contributed by atoms with van der Waals surface area (Å²) < 4.78 is 0. The molecule has 0 radical (unpaired) electrons. The fraction of sp³-hybridized carbons (Fsp3) is 0.643. The van der Waals surface area contributed by atoms with Gasteiger partial charge in [0.2, 0.25) is 0 Å². The van der Waals surface area contributed by atoms with Gasteiger partial charge in [0.05, 0.1) is 15.6 Å². The van der Waals surface area contributed by atoms with E-state index >= 15 is 0 Å². The average molecular weight is 268 g/mol. The highest BCUT2D eigenvalue weighted by atomic mass is 32.1. The zero-order valence-electron chi connectivity index (χ0n) is 11.6. The van der Waals surface area contributed by atoms with E-state index in [-0.39, 0.29) is 5.78 Å². The molecule has 3 N–H and O–H groups in total. The molecule has 0 fully saturated rings. The summed E-state index contributed by atoms with van der Waals surface area (Å²) in [6.07, 6.45) is 5.96. The molecule has 1 rings (SSSR count). The van der Waals surface area contributed by atoms with Gasteiger partial charge in [0.1, 0.15) is 0 Å². The molecule has 0 aromatic carbocycles. The quantitative estimate of drug-likeness (QED) is 0.691. The molecule has 1 unspecified atom stereocenters. The lowest BCUT2D eigenvalue weighted by atomic mass is 10.1. The molecule has 1 atom stereocenters. The lowest BCUT2D eigenvalue weighted by molar-refractivity contribution is 0.102. The van der Waals surface area contributed by atoms with Crippen molar-refractivity contribution in [2.45, 2.75) is 58.9 Å². The van der Waals surface area contributed by atoms with E-state index in [4.69, 9.17) is 5.73 Å². The van der Waals surface area contributed by atoms with E-state index in [0.29, 0.717) is 16.6 Å². The lowest BCUT2D eigenvalue weighted by Crippen LogP contribution is -2.18. The third-order valence-corrected chi connectivity index (χ3v) is 4.15. The van der Waals surface area contributed by atoms with Gasteiger partial charge < -0.3 is 11.1 Å². The van der Waals surface area contributed by atoms with Crippen LogP contribution >= 0.6 is 11.3 Å². The molecule has 1 aromatic rings. The Labute approximate surface area is 114 Å². The van der Waals surface area contributed by atoms with E-state index < -0.39 is 0 Å². The van der Waals surface area contributed by atoms with Crippen molar-refractivity contribution in [2.24, 2.45) is 0 Å². The second-order valence-electron chi connectivity index (χ2n) is 4.72. The fourth-order valence-electron chi connectivity index (χ4n) is 2.04. The molecule has 0 aliphatic heterocycles. The largest absolute Gasteiger partial charge is 0.397 e. The molecule has 0 spiro atoms. The predicted molar refractivity (Wildman–Crippen MR) is 80.6 cm³/mol. The smallest absolute Gasteiger partial charge is 0.171 e. The van der Waals surface area contributed by atoms with Gasteiger partial charge in [0, 0.05) is 13.0 Å². The van der Waals surface area contributed by atoms with Crippen LogP contribution in [0, 0.1) is 0 Å². The SMILES string of the molecule is CCCCC(CCC)Nc1cc(N)c(C(C)=O)s1. The maximum Gasteiger partial charge on any atom is 0.171 e. The predicted octanol–water partition coefficient (Wildman–Crippen LogP) is 4.30. The lowest BCUT2D eigenvalue weighted by Gasteiger charge is -2.17. The van der Waals surface area contributed by atoms with Crippen molar-refractivity contribution >= 4 is 27.8 Å². The summed E-state index contributed by atoms with van der Waals surface area (Å²) in [5.41, 5.74) is 6.44. The van der Waals surface area contributed by atoms with Crippen molar-refractivity contribution in [1.82, 2.24) is 0 Å². The number of rotatable bonds is 8. The molecule has 0 amide bonds. The Balaban J connectivity index is 2.68. The monoisotopic (exact) mass is 268 g/mol. The first kappa shape index (κ1) is 15.0. The molecule has 0 bridgehead atoms. The Morgan fingerprint density at radius 1 is 1.39 bits per heavy atom. The number of hydrogen-bond acceptors (Lipinski definition) is 4. The number of hydrogen-bond donors (Lipinski definition) is 2. The Morgan fingerprint density at radius 3 is 2.61 bits per heavy atom. The van der Waals surface area contributed by atoms with Gasteiger partial charge in [0.25, 0.3) is 0 Å². The number of thiophene rings is 1. The van der Waals surface area contributed by atoms with Crippen LogP contribution in [0.2, 0.25) is 0 Å². The van der Waals surface area contributed by atoms with Gasteiger partial charge in [-0.15, -0.1) is 11.3 Å². The van der Waals surface area contributed by atoms with Crippen LogP contribution in [0.1, 0.15) is 62.5 Å². The maximum absolute atomic E-state index is 11.4. The van der Waals surface area contributed by atoms with Crippen molar-refractivity contribution < 1.29 is 4.79 Å². The van der Waals surface area contributed by atoms with Crippen LogP contribution in [0.3, 0.4) is 0 Å². The minimum Gasteiger partial charge on any atom is -0.397 e. The van der Waals surface area contributed by atoms with E-state index in [1.807, 2.05) is 6.07 Å². The highest BCUT2D eigenvalue weighted by molar-refractivity contribution is 7.18. The van der Waals surface area contributed by atoms with Crippen molar-refractivity contribution in [3.05, 3.63) is 10.9 Å². The van der Waals surface area contributed by atoms with Gasteiger partial charge >= 0.3 is 0 Å². The van der Waals surface area contributed by atoms with Gasteiger partial charge in [-0.25, -0.2) is 0 Å². The fourth-order valence-corrected chi connectivity index (χ4v) is 2.99. The summed E-state index contributed by atoms with van der Waals surface area (Å²) >= 11 is 1.47. The van der Waals surface area contributed by atoms with Gasteiger partial charge in [-0.2, -0.15) is 0 Å². The van der Waals surface area contributed by atoms with E-state index in [9.17, 15) is 4.79 Å². The first-order chi connectivity index (χ1) is 8.58. The maximum atomic E-state index is 11.4. The van der Waals surface area contributed by atoms with Crippen molar-refractivity contribution in [3.63, 3.8) is 0 Å². The number of nitrogen functional groups attached to an aromatic ring is 1. The van der Waals surface area contributed by atoms with E-state index in [0.717, 1.165) is 11.4 Å². The van der Waals surface area contributed by atoms with Crippen molar-refractivity contribution in [1.29, 1.82) is 0 Å². The van der Waals surface area contributed by atoms with Crippen molar-refractivity contribution in [2.75, 3.05) is 11.1 Å². The minimum atomic E-state index is 0.0474. The summed E-state index contributed by atoms with van der Waals surface area (Å²) in [5, 5.41) is 4.54. The number of nitrogens with two attached hydrogens (primary N) is 1. The number of nitrogens with one attached hydrogen (secondary N) is 1. The van der Waals surface area contributed by atoms with Crippen LogP contribution in [0.15, 0.2) is 6.07 Å². The topological polar surface area (TPSA) is 55.1 Å². The number of carbonyl (C=O) groups excluding carboxylic acids is 1. The van der Waals surface area contributed by atoms with Crippen LogP contribution in [0.4, 0.5) is 10.7 Å². The molecular weight excluding hydrogens is 244 g/mol. The zero-order chi connectivity index (χ0) is 13.5. The summed E-state index contributed by atoms with van der Waals surface area (Å²) in [4.78, 5) is 12.0. The van der Waals surface area contributed by atoms with Crippen LogP contribution in [0.25, 0.3) is 0 Å². The van der Waals surface area contributed by atoms with Gasteiger partial charge in [-0.05, 0) is 18.9 Å². The van der Waals surface area contributed by atoms with E-state index in [2.05, 4.69) is 19.2 Å². The summed E-state index contributed by atoms with van der Waals surface area (Å²) in [7, 11) is 0. The molecule has 102 valence electrons. The van der Waals surface area contributed by atoms with Gasteiger partial charge in [0.15, 0.2) is 5.78 Å². The van der Waals surface area contributed by atoms with Crippen LogP contribution in [0.5, 0.6) is 0 Å². The minimum absolute atomic E-state index is 0.0474. The van der Waals surface area contributed by atoms with E-state index in [1.165, 1.54) is 37.0 Å². The second-order valence-corrected chi connectivity index (χ2v) is 5.78. The summed E-state index contributed by atoms with van der Waals surface area (Å²) in [6, 6.07) is 2.38. The molecule has 3 nitrogen and oxygen atoms in total. The van der Waals surface area contributed by atoms with Crippen LogP contribution < -0.4 is 11.1 Å². The summed E-state index contributed by atoms with van der Waals surface area (Å²) in [5.74, 6) is 0.0474. The third kappa shape index (κ3) is 4.33. The first-order valence-electron chi connectivity index (χ1n) is 6.75. The molecule has 1 aromatic heterocycles.